The molecule has 0 saturated carbocycles. The standard InChI is InChI=1S/C17H24N4/c1-3-11-12(16-14(18)9-6-10-15(16)19)7-5-8-13(11)17(20,21)4-2/h5-10H,3-4,18-21H2,1-2H3. The van der Waals surface area contributed by atoms with E-state index in [0.717, 1.165) is 28.7 Å². The molecule has 2 aromatic carbocycles. The van der Waals surface area contributed by atoms with Gasteiger partial charge in [-0.2, -0.15) is 0 Å². The van der Waals surface area contributed by atoms with Crippen LogP contribution in [0, 0.1) is 0 Å². The average Bonchev–Trinajstić information content (AvgIpc) is 2.46. The van der Waals surface area contributed by atoms with E-state index in [-0.39, 0.29) is 0 Å². The van der Waals surface area contributed by atoms with Gasteiger partial charge in [-0.15, -0.1) is 0 Å². The average molecular weight is 284 g/mol. The fourth-order valence-electron chi connectivity index (χ4n) is 2.73. The van der Waals surface area contributed by atoms with Crippen LogP contribution in [0.3, 0.4) is 0 Å². The molecule has 0 atom stereocenters. The molecule has 2 rings (SSSR count). The van der Waals surface area contributed by atoms with Crippen LogP contribution in [-0.2, 0) is 12.1 Å². The van der Waals surface area contributed by atoms with Crippen LogP contribution in [0.15, 0.2) is 36.4 Å². The number of rotatable bonds is 4. The van der Waals surface area contributed by atoms with Gasteiger partial charge in [0, 0.05) is 16.9 Å². The van der Waals surface area contributed by atoms with Gasteiger partial charge in [-0.3, -0.25) is 0 Å². The normalized spacial score (nSPS) is 11.6. The Morgan fingerprint density at radius 2 is 1.48 bits per heavy atom. The van der Waals surface area contributed by atoms with Gasteiger partial charge in [-0.05, 0) is 41.7 Å². The number of hydrogen-bond acceptors (Lipinski definition) is 4. The van der Waals surface area contributed by atoms with Crippen molar-refractivity contribution in [3.8, 4) is 11.1 Å². The minimum Gasteiger partial charge on any atom is -0.398 e. The largest absolute Gasteiger partial charge is 0.398 e. The Morgan fingerprint density at radius 1 is 0.905 bits per heavy atom. The molecular weight excluding hydrogens is 260 g/mol. The monoisotopic (exact) mass is 284 g/mol. The quantitative estimate of drug-likeness (QED) is 0.511. The van der Waals surface area contributed by atoms with E-state index in [1.807, 2.05) is 43.3 Å². The van der Waals surface area contributed by atoms with Crippen molar-refractivity contribution in [2.45, 2.75) is 32.4 Å². The van der Waals surface area contributed by atoms with Crippen molar-refractivity contribution in [1.82, 2.24) is 0 Å². The number of nitrogens with two attached hydrogens (primary N) is 4. The number of anilines is 2. The third kappa shape index (κ3) is 2.73. The summed E-state index contributed by atoms with van der Waals surface area (Å²) in [4.78, 5) is 0. The SMILES string of the molecule is CCc1c(-c2c(N)cccc2N)cccc1C(N)(N)CC. The highest BCUT2D eigenvalue weighted by Crippen LogP contribution is 2.37. The lowest BCUT2D eigenvalue weighted by molar-refractivity contribution is 0.444. The molecule has 0 aromatic heterocycles. The van der Waals surface area contributed by atoms with Gasteiger partial charge in [0.2, 0.25) is 0 Å². The highest BCUT2D eigenvalue weighted by atomic mass is 14.9. The van der Waals surface area contributed by atoms with E-state index in [2.05, 4.69) is 6.92 Å². The zero-order valence-electron chi connectivity index (χ0n) is 12.7. The summed E-state index contributed by atoms with van der Waals surface area (Å²) in [5.74, 6) is 0. The minimum absolute atomic E-state index is 0.656. The molecule has 0 radical (unpaired) electrons. The molecule has 21 heavy (non-hydrogen) atoms. The lowest BCUT2D eigenvalue weighted by atomic mass is 9.86. The Morgan fingerprint density at radius 3 is 2.00 bits per heavy atom. The molecule has 0 spiro atoms. The molecule has 0 saturated heterocycles. The highest BCUT2D eigenvalue weighted by Gasteiger charge is 2.24. The predicted octanol–water partition coefficient (Wildman–Crippen LogP) is 2.56. The van der Waals surface area contributed by atoms with Crippen LogP contribution in [-0.4, -0.2) is 0 Å². The fourth-order valence-corrected chi connectivity index (χ4v) is 2.73. The Balaban J connectivity index is 2.74. The molecule has 0 heterocycles. The number of benzene rings is 2. The van der Waals surface area contributed by atoms with Crippen molar-refractivity contribution < 1.29 is 0 Å². The van der Waals surface area contributed by atoms with Crippen LogP contribution >= 0.6 is 0 Å². The summed E-state index contributed by atoms with van der Waals surface area (Å²) in [5.41, 5.74) is 29.2. The topological polar surface area (TPSA) is 104 Å². The van der Waals surface area contributed by atoms with Crippen LogP contribution < -0.4 is 22.9 Å². The van der Waals surface area contributed by atoms with E-state index < -0.39 is 5.66 Å². The van der Waals surface area contributed by atoms with Gasteiger partial charge >= 0.3 is 0 Å². The lowest BCUT2D eigenvalue weighted by Gasteiger charge is -2.28. The summed E-state index contributed by atoms with van der Waals surface area (Å²) in [6.45, 7) is 4.07. The summed E-state index contributed by atoms with van der Waals surface area (Å²) in [5, 5.41) is 0. The molecule has 2 aromatic rings. The fraction of sp³-hybridized carbons (Fsp3) is 0.294. The first-order valence-electron chi connectivity index (χ1n) is 7.26. The van der Waals surface area contributed by atoms with Crippen molar-refractivity contribution in [1.29, 1.82) is 0 Å². The third-order valence-electron chi connectivity index (χ3n) is 4.01. The van der Waals surface area contributed by atoms with E-state index in [4.69, 9.17) is 22.9 Å². The number of nitrogen functional groups attached to an aromatic ring is 2. The summed E-state index contributed by atoms with van der Waals surface area (Å²) >= 11 is 0. The molecule has 0 fully saturated rings. The first-order valence-corrected chi connectivity index (χ1v) is 7.26. The summed E-state index contributed by atoms with van der Waals surface area (Å²) in [6, 6.07) is 11.5. The van der Waals surface area contributed by atoms with Crippen molar-refractivity contribution >= 4 is 11.4 Å². The van der Waals surface area contributed by atoms with E-state index in [1.165, 1.54) is 0 Å². The van der Waals surface area contributed by atoms with Gasteiger partial charge in [-0.25, -0.2) is 0 Å². The van der Waals surface area contributed by atoms with Gasteiger partial charge in [0.05, 0.1) is 5.66 Å². The summed E-state index contributed by atoms with van der Waals surface area (Å²) in [6.07, 6.45) is 1.47. The van der Waals surface area contributed by atoms with Gasteiger partial charge in [0.15, 0.2) is 0 Å². The minimum atomic E-state index is -0.848. The van der Waals surface area contributed by atoms with Crippen molar-refractivity contribution in [2.75, 3.05) is 11.5 Å². The molecule has 4 heteroatoms. The predicted molar refractivity (Wildman–Crippen MR) is 90.4 cm³/mol. The second-order valence-corrected chi connectivity index (χ2v) is 5.39. The van der Waals surface area contributed by atoms with Crippen molar-refractivity contribution in [3.05, 3.63) is 47.5 Å². The van der Waals surface area contributed by atoms with E-state index in [9.17, 15) is 0 Å². The summed E-state index contributed by atoms with van der Waals surface area (Å²) < 4.78 is 0. The molecule has 0 amide bonds. The zero-order chi connectivity index (χ0) is 15.6. The number of hydrogen-bond donors (Lipinski definition) is 4. The zero-order valence-corrected chi connectivity index (χ0v) is 12.7. The molecule has 0 aliphatic rings. The first-order chi connectivity index (χ1) is 9.92. The van der Waals surface area contributed by atoms with Crippen molar-refractivity contribution in [2.24, 2.45) is 11.5 Å². The Hall–Kier alpha value is -2.04. The van der Waals surface area contributed by atoms with Crippen LogP contribution in [0.4, 0.5) is 11.4 Å². The second kappa shape index (κ2) is 5.76. The molecule has 112 valence electrons. The van der Waals surface area contributed by atoms with Gasteiger partial charge in [0.1, 0.15) is 0 Å². The van der Waals surface area contributed by atoms with Crippen LogP contribution in [0.2, 0.25) is 0 Å². The molecular formula is C17H24N4. The molecule has 0 aliphatic heterocycles. The maximum Gasteiger partial charge on any atom is 0.0899 e. The Bertz CT molecular complexity index is 627. The Kier molecular flexibility index (Phi) is 4.21. The van der Waals surface area contributed by atoms with Gasteiger partial charge in [0.25, 0.3) is 0 Å². The van der Waals surface area contributed by atoms with Gasteiger partial charge in [-0.1, -0.05) is 38.1 Å². The van der Waals surface area contributed by atoms with Crippen LogP contribution in [0.25, 0.3) is 11.1 Å². The lowest BCUT2D eigenvalue weighted by Crippen LogP contribution is -2.46. The molecule has 0 unspecified atom stereocenters. The Labute approximate surface area is 126 Å². The molecule has 0 bridgehead atoms. The maximum atomic E-state index is 6.25. The molecule has 0 aliphatic carbocycles. The van der Waals surface area contributed by atoms with E-state index in [1.54, 1.807) is 0 Å². The van der Waals surface area contributed by atoms with Gasteiger partial charge < -0.3 is 22.9 Å². The van der Waals surface area contributed by atoms with Crippen LogP contribution in [0.5, 0.6) is 0 Å². The van der Waals surface area contributed by atoms with Crippen LogP contribution in [0.1, 0.15) is 31.4 Å². The second-order valence-electron chi connectivity index (χ2n) is 5.39. The third-order valence-corrected chi connectivity index (χ3v) is 4.01. The summed E-state index contributed by atoms with van der Waals surface area (Å²) in [7, 11) is 0. The van der Waals surface area contributed by atoms with Crippen molar-refractivity contribution in [3.63, 3.8) is 0 Å². The molecule has 4 nitrogen and oxygen atoms in total. The maximum absolute atomic E-state index is 6.25. The first kappa shape index (κ1) is 15.4. The molecule has 8 N–H and O–H groups in total. The highest BCUT2D eigenvalue weighted by molar-refractivity contribution is 5.88. The smallest absolute Gasteiger partial charge is 0.0899 e. The van der Waals surface area contributed by atoms with E-state index in [0.29, 0.717) is 17.8 Å². The van der Waals surface area contributed by atoms with E-state index >= 15 is 0 Å².